The molecule has 3 nitrogen and oxygen atoms in total. The lowest BCUT2D eigenvalue weighted by molar-refractivity contribution is 0.627. The minimum absolute atomic E-state index is 0.555. The average molecular weight is 297 g/mol. The third-order valence-electron chi connectivity index (χ3n) is 3.61. The first-order valence-corrected chi connectivity index (χ1v) is 8.16. The predicted molar refractivity (Wildman–Crippen MR) is 90.9 cm³/mol. The summed E-state index contributed by atoms with van der Waals surface area (Å²) >= 11 is 1.59. The molecule has 1 aliphatic rings. The van der Waals surface area contributed by atoms with Gasteiger partial charge in [-0.25, -0.2) is 4.98 Å². The zero-order valence-electron chi connectivity index (χ0n) is 12.1. The van der Waals surface area contributed by atoms with E-state index in [2.05, 4.69) is 64.2 Å². The normalized spacial score (nSPS) is 18.2. The highest BCUT2D eigenvalue weighted by atomic mass is 32.1. The van der Waals surface area contributed by atoms with Gasteiger partial charge in [-0.15, -0.1) is 11.3 Å². The van der Waals surface area contributed by atoms with Crippen LogP contribution in [0.5, 0.6) is 0 Å². The first-order chi connectivity index (χ1) is 10.3. The molecule has 2 aromatic rings. The second kappa shape index (κ2) is 6.68. The van der Waals surface area contributed by atoms with Gasteiger partial charge in [-0.3, -0.25) is 5.43 Å². The molecule has 1 heterocycles. The molecular weight excluding hydrogens is 278 g/mol. The van der Waals surface area contributed by atoms with Crippen molar-refractivity contribution in [2.24, 2.45) is 11.0 Å². The summed E-state index contributed by atoms with van der Waals surface area (Å²) in [5.41, 5.74) is 6.45. The van der Waals surface area contributed by atoms with Crippen molar-refractivity contribution in [1.82, 2.24) is 4.98 Å². The van der Waals surface area contributed by atoms with E-state index in [1.165, 1.54) is 12.0 Å². The Bertz CT molecular complexity index is 640. The Labute approximate surface area is 129 Å². The van der Waals surface area contributed by atoms with Crippen molar-refractivity contribution in [3.8, 4) is 11.3 Å². The van der Waals surface area contributed by atoms with Crippen LogP contribution in [0.25, 0.3) is 11.3 Å². The number of benzene rings is 1. The van der Waals surface area contributed by atoms with Gasteiger partial charge in [0.1, 0.15) is 0 Å². The van der Waals surface area contributed by atoms with Crippen LogP contribution in [0.4, 0.5) is 5.13 Å². The Morgan fingerprint density at radius 2 is 2.14 bits per heavy atom. The second-order valence-corrected chi connectivity index (χ2v) is 6.20. The van der Waals surface area contributed by atoms with E-state index >= 15 is 0 Å². The Hall–Kier alpha value is -1.94. The molecule has 0 aliphatic heterocycles. The summed E-state index contributed by atoms with van der Waals surface area (Å²) in [5.74, 6) is 0.555. The highest BCUT2D eigenvalue weighted by molar-refractivity contribution is 7.14. The van der Waals surface area contributed by atoms with Crippen molar-refractivity contribution >= 4 is 22.7 Å². The van der Waals surface area contributed by atoms with Crippen LogP contribution >= 0.6 is 11.3 Å². The van der Waals surface area contributed by atoms with Crippen LogP contribution in [0.2, 0.25) is 0 Å². The number of rotatable bonds is 4. The predicted octanol–water partition coefficient (Wildman–Crippen LogP) is 4.87. The second-order valence-electron chi connectivity index (χ2n) is 5.34. The highest BCUT2D eigenvalue weighted by Gasteiger charge is 2.07. The summed E-state index contributed by atoms with van der Waals surface area (Å²) in [4.78, 5) is 4.57. The molecule has 21 heavy (non-hydrogen) atoms. The summed E-state index contributed by atoms with van der Waals surface area (Å²) in [6.07, 6.45) is 9.93. The molecular formula is C17H19N3S. The van der Waals surface area contributed by atoms with E-state index in [4.69, 9.17) is 0 Å². The smallest absolute Gasteiger partial charge is 0.203 e. The van der Waals surface area contributed by atoms with E-state index in [0.29, 0.717) is 5.92 Å². The molecule has 1 N–H and O–H groups in total. The number of nitrogens with zero attached hydrogens (tertiary/aromatic N) is 2. The maximum atomic E-state index is 4.57. The van der Waals surface area contributed by atoms with Crippen LogP contribution in [0.15, 0.2) is 46.9 Å². The number of nitrogens with one attached hydrogen (secondary N) is 1. The Kier molecular flexibility index (Phi) is 4.46. The number of hydrogen-bond acceptors (Lipinski definition) is 4. The summed E-state index contributed by atoms with van der Waals surface area (Å²) in [6.45, 7) is 2.09. The first kappa shape index (κ1) is 14.0. The third-order valence-corrected chi connectivity index (χ3v) is 4.35. The van der Waals surface area contributed by atoms with Crippen molar-refractivity contribution in [1.29, 1.82) is 0 Å². The minimum Gasteiger partial charge on any atom is -0.253 e. The molecule has 108 valence electrons. The van der Waals surface area contributed by atoms with Gasteiger partial charge in [-0.1, -0.05) is 42.0 Å². The third kappa shape index (κ3) is 3.79. The standard InChI is InChI=1S/C17H19N3S/c1-13-7-9-15(10-8-13)16-12-21-17(19-16)20-18-11-14-5-3-2-4-6-14/h2-3,7-12,14H,4-6H2,1H3,(H,19,20)/b18-11+. The number of aromatic nitrogens is 1. The van der Waals surface area contributed by atoms with E-state index in [1.807, 2.05) is 6.21 Å². The molecule has 0 radical (unpaired) electrons. The van der Waals surface area contributed by atoms with Gasteiger partial charge < -0.3 is 0 Å². The zero-order chi connectivity index (χ0) is 14.5. The molecule has 0 amide bonds. The van der Waals surface area contributed by atoms with Gasteiger partial charge in [0.15, 0.2) is 0 Å². The van der Waals surface area contributed by atoms with Crippen molar-refractivity contribution in [3.05, 3.63) is 47.4 Å². The van der Waals surface area contributed by atoms with Gasteiger partial charge in [-0.05, 0) is 32.1 Å². The van der Waals surface area contributed by atoms with Crippen LogP contribution in [0.3, 0.4) is 0 Å². The molecule has 0 fully saturated rings. The molecule has 4 heteroatoms. The average Bonchev–Trinajstić information content (AvgIpc) is 2.98. The van der Waals surface area contributed by atoms with Crippen LogP contribution in [-0.2, 0) is 0 Å². The monoisotopic (exact) mass is 297 g/mol. The topological polar surface area (TPSA) is 37.3 Å². The van der Waals surface area contributed by atoms with Crippen LogP contribution < -0.4 is 5.43 Å². The number of allylic oxidation sites excluding steroid dienone is 2. The maximum absolute atomic E-state index is 4.57. The maximum Gasteiger partial charge on any atom is 0.203 e. The van der Waals surface area contributed by atoms with Gasteiger partial charge in [0.05, 0.1) is 5.69 Å². The number of hydrogen-bond donors (Lipinski definition) is 1. The summed E-state index contributed by atoms with van der Waals surface area (Å²) < 4.78 is 0. The van der Waals surface area contributed by atoms with Gasteiger partial charge >= 0.3 is 0 Å². The van der Waals surface area contributed by atoms with E-state index in [-0.39, 0.29) is 0 Å². The summed E-state index contributed by atoms with van der Waals surface area (Å²) in [7, 11) is 0. The fourth-order valence-corrected chi connectivity index (χ4v) is 3.00. The Balaban J connectivity index is 1.61. The van der Waals surface area contributed by atoms with Crippen LogP contribution in [0.1, 0.15) is 24.8 Å². The largest absolute Gasteiger partial charge is 0.253 e. The lowest BCUT2D eigenvalue weighted by Gasteiger charge is -2.11. The SMILES string of the molecule is Cc1ccc(-c2csc(N/N=C/C3CC=CCC3)n2)cc1. The highest BCUT2D eigenvalue weighted by Crippen LogP contribution is 2.25. The lowest BCUT2D eigenvalue weighted by Crippen LogP contribution is -2.04. The van der Waals surface area contributed by atoms with Gasteiger partial charge in [0.25, 0.3) is 0 Å². The Morgan fingerprint density at radius 3 is 2.90 bits per heavy atom. The lowest BCUT2D eigenvalue weighted by atomic mass is 9.96. The fourth-order valence-electron chi connectivity index (χ4n) is 2.33. The number of thiazole rings is 1. The van der Waals surface area contributed by atoms with Crippen molar-refractivity contribution in [3.63, 3.8) is 0 Å². The van der Waals surface area contributed by atoms with E-state index < -0.39 is 0 Å². The molecule has 0 saturated heterocycles. The molecule has 1 aromatic heterocycles. The Morgan fingerprint density at radius 1 is 1.29 bits per heavy atom. The summed E-state index contributed by atoms with van der Waals surface area (Å²) in [6, 6.07) is 8.42. The zero-order valence-corrected chi connectivity index (χ0v) is 12.9. The van der Waals surface area contributed by atoms with Crippen molar-refractivity contribution in [2.75, 3.05) is 5.43 Å². The van der Waals surface area contributed by atoms with Gasteiger partial charge in [0.2, 0.25) is 5.13 Å². The first-order valence-electron chi connectivity index (χ1n) is 7.28. The molecule has 0 saturated carbocycles. The van der Waals surface area contributed by atoms with E-state index in [9.17, 15) is 0 Å². The summed E-state index contributed by atoms with van der Waals surface area (Å²) in [5, 5.41) is 7.23. The molecule has 3 rings (SSSR count). The van der Waals surface area contributed by atoms with Gasteiger partial charge in [-0.2, -0.15) is 5.10 Å². The van der Waals surface area contributed by atoms with Crippen LogP contribution in [0, 0.1) is 12.8 Å². The van der Waals surface area contributed by atoms with Crippen molar-refractivity contribution < 1.29 is 0 Å². The van der Waals surface area contributed by atoms with Crippen LogP contribution in [-0.4, -0.2) is 11.2 Å². The number of hydrazone groups is 1. The molecule has 1 atom stereocenters. The van der Waals surface area contributed by atoms with Gasteiger partial charge in [0, 0.05) is 17.2 Å². The number of aryl methyl sites for hydroxylation is 1. The molecule has 1 unspecified atom stereocenters. The minimum atomic E-state index is 0.555. The molecule has 1 aromatic carbocycles. The van der Waals surface area contributed by atoms with E-state index in [0.717, 1.165) is 29.2 Å². The molecule has 0 bridgehead atoms. The number of anilines is 1. The van der Waals surface area contributed by atoms with E-state index in [1.54, 1.807) is 11.3 Å². The fraction of sp³-hybridized carbons (Fsp3) is 0.294. The van der Waals surface area contributed by atoms with Crippen molar-refractivity contribution in [2.45, 2.75) is 26.2 Å². The molecule has 1 aliphatic carbocycles. The molecule has 0 spiro atoms. The quantitative estimate of drug-likeness (QED) is 0.496.